The molecule has 2 aromatic rings. The lowest BCUT2D eigenvalue weighted by Gasteiger charge is -2.27. The van der Waals surface area contributed by atoms with Crippen molar-refractivity contribution in [3.8, 4) is 5.75 Å². The van der Waals surface area contributed by atoms with E-state index in [1.54, 1.807) is 41.8 Å². The van der Waals surface area contributed by atoms with E-state index in [1.807, 2.05) is 13.0 Å². The zero-order valence-corrected chi connectivity index (χ0v) is 25.6. The van der Waals surface area contributed by atoms with Crippen molar-refractivity contribution >= 4 is 12.2 Å². The number of nitrogens with one attached hydrogen (secondary N) is 1. The fraction of sp³-hybridized carbons (Fsp3) is 0.455. The number of rotatable bonds is 10. The Kier molecular flexibility index (Phi) is 13.7. The maximum absolute atomic E-state index is 12.9. The number of aldehydes is 1. The summed E-state index contributed by atoms with van der Waals surface area (Å²) in [5.74, 6) is 0.0672. The minimum atomic E-state index is -0.327. The van der Waals surface area contributed by atoms with Gasteiger partial charge in [-0.05, 0) is 42.9 Å². The molecule has 2 aliphatic rings. The van der Waals surface area contributed by atoms with E-state index in [2.05, 4.69) is 24.9 Å². The van der Waals surface area contributed by atoms with Crippen LogP contribution in [0.1, 0.15) is 71.6 Å². The Hall–Kier alpha value is -3.69. The number of amides is 1. The van der Waals surface area contributed by atoms with Crippen LogP contribution in [0.3, 0.4) is 0 Å². The number of methoxy groups -OCH3 is 1. The molecule has 42 heavy (non-hydrogen) atoms. The second-order valence-corrected chi connectivity index (χ2v) is 10.8. The summed E-state index contributed by atoms with van der Waals surface area (Å²) in [6.45, 7) is 10.9. The van der Waals surface area contributed by atoms with Crippen molar-refractivity contribution in [3.63, 3.8) is 0 Å². The van der Waals surface area contributed by atoms with Gasteiger partial charge in [-0.1, -0.05) is 56.7 Å². The highest BCUT2D eigenvalue weighted by atomic mass is 19.1. The fourth-order valence-corrected chi connectivity index (χ4v) is 5.37. The Morgan fingerprint density at radius 1 is 1.21 bits per heavy atom. The Morgan fingerprint density at radius 3 is 2.43 bits per heavy atom. The van der Waals surface area contributed by atoms with E-state index >= 15 is 0 Å². The van der Waals surface area contributed by atoms with Crippen molar-refractivity contribution in [2.24, 2.45) is 12.5 Å². The number of aromatic hydroxyl groups is 1. The maximum Gasteiger partial charge on any atom is 0.259 e. The summed E-state index contributed by atoms with van der Waals surface area (Å²) in [5, 5.41) is 20.7. The first-order chi connectivity index (χ1) is 20.1. The molecule has 1 aromatic heterocycles. The predicted molar refractivity (Wildman–Crippen MR) is 164 cm³/mol. The molecule has 0 bridgehead atoms. The fourth-order valence-electron chi connectivity index (χ4n) is 5.37. The highest BCUT2D eigenvalue weighted by molar-refractivity contribution is 6.02. The number of nitrogens with zero attached hydrogens (tertiary/aromatic N) is 2. The molecule has 0 atom stereocenters. The van der Waals surface area contributed by atoms with Gasteiger partial charge in [0.2, 0.25) is 0 Å². The quantitative estimate of drug-likeness (QED) is 0.199. The summed E-state index contributed by atoms with van der Waals surface area (Å²) in [7, 11) is 4.38. The third-order valence-electron chi connectivity index (χ3n) is 7.92. The molecule has 0 unspecified atom stereocenters. The van der Waals surface area contributed by atoms with E-state index in [0.29, 0.717) is 36.9 Å². The predicted octanol–water partition coefficient (Wildman–Crippen LogP) is 5.31. The van der Waals surface area contributed by atoms with Crippen LogP contribution in [0.4, 0.5) is 4.39 Å². The van der Waals surface area contributed by atoms with Crippen LogP contribution >= 0.6 is 0 Å². The van der Waals surface area contributed by atoms with Gasteiger partial charge in [0, 0.05) is 58.0 Å². The summed E-state index contributed by atoms with van der Waals surface area (Å²) in [4.78, 5) is 25.2. The van der Waals surface area contributed by atoms with Crippen LogP contribution in [0.2, 0.25) is 0 Å². The van der Waals surface area contributed by atoms with Gasteiger partial charge in [0.05, 0.1) is 12.9 Å². The minimum absolute atomic E-state index is 0.113. The summed E-state index contributed by atoms with van der Waals surface area (Å²) < 4.78 is 19.8. The number of benzene rings is 1. The van der Waals surface area contributed by atoms with Crippen molar-refractivity contribution in [1.29, 1.82) is 0 Å². The number of halogens is 1. The van der Waals surface area contributed by atoms with Gasteiger partial charge in [0.15, 0.2) is 12.0 Å². The van der Waals surface area contributed by atoms with Crippen molar-refractivity contribution in [1.82, 2.24) is 14.8 Å². The van der Waals surface area contributed by atoms with Gasteiger partial charge >= 0.3 is 0 Å². The van der Waals surface area contributed by atoms with Crippen LogP contribution in [-0.4, -0.2) is 65.7 Å². The molecule has 1 amide bonds. The largest absolute Gasteiger partial charge is 0.505 e. The summed E-state index contributed by atoms with van der Waals surface area (Å²) >= 11 is 0. The number of carbonyl (C=O) groups is 2. The number of aromatic nitrogens is 1. The van der Waals surface area contributed by atoms with Gasteiger partial charge in [-0.2, -0.15) is 0 Å². The number of fused-ring (bicyclic) bond motifs is 1. The average Bonchev–Trinajstić information content (AvgIpc) is 3.54. The lowest BCUT2D eigenvalue weighted by molar-refractivity contribution is 0.0722. The number of ether oxygens (including phenoxy) is 1. The SMILES string of the molecule is C=C/C=C\C(CNCC1(C)CCCC1)=C(/C)OC.CO.Cn1c(C=O)c(O)c2c1CCN(Cc1ccc(F)cc1)C2=O. The van der Waals surface area contributed by atoms with Gasteiger partial charge in [-0.15, -0.1) is 0 Å². The molecule has 2 heterocycles. The zero-order chi connectivity index (χ0) is 31.3. The first kappa shape index (κ1) is 34.5. The van der Waals surface area contributed by atoms with Gasteiger partial charge in [0.1, 0.15) is 17.1 Å². The Bertz CT molecular complexity index is 1260. The van der Waals surface area contributed by atoms with Crippen molar-refractivity contribution in [2.45, 2.75) is 52.5 Å². The number of hydrogen-bond acceptors (Lipinski definition) is 6. The smallest absolute Gasteiger partial charge is 0.259 e. The van der Waals surface area contributed by atoms with Gasteiger partial charge in [-0.25, -0.2) is 4.39 Å². The van der Waals surface area contributed by atoms with E-state index in [1.165, 1.54) is 43.4 Å². The normalized spacial score (nSPS) is 16.1. The molecule has 1 fully saturated rings. The van der Waals surface area contributed by atoms with Crippen LogP contribution in [0.25, 0.3) is 0 Å². The molecular formula is C33H46FN3O5. The second-order valence-electron chi connectivity index (χ2n) is 10.8. The monoisotopic (exact) mass is 583 g/mol. The maximum atomic E-state index is 12.9. The second kappa shape index (κ2) is 16.7. The first-order valence-electron chi connectivity index (χ1n) is 14.2. The number of allylic oxidation sites excluding steroid dienone is 3. The molecule has 230 valence electrons. The molecule has 0 spiro atoms. The van der Waals surface area contributed by atoms with E-state index in [4.69, 9.17) is 9.84 Å². The molecule has 1 aromatic carbocycles. The van der Waals surface area contributed by atoms with Crippen LogP contribution in [0.15, 0.2) is 60.4 Å². The Labute approximate surface area is 249 Å². The molecule has 0 saturated heterocycles. The number of carbonyl (C=O) groups excluding carboxylic acids is 2. The Balaban J connectivity index is 0.000000283. The highest BCUT2D eigenvalue weighted by Gasteiger charge is 2.33. The van der Waals surface area contributed by atoms with Crippen LogP contribution in [-0.2, 0) is 24.8 Å². The zero-order valence-electron chi connectivity index (χ0n) is 25.6. The van der Waals surface area contributed by atoms with Gasteiger partial charge < -0.3 is 29.7 Å². The molecule has 1 aliphatic carbocycles. The topological polar surface area (TPSA) is 104 Å². The van der Waals surface area contributed by atoms with Crippen molar-refractivity contribution < 1.29 is 28.9 Å². The van der Waals surface area contributed by atoms with Crippen LogP contribution in [0, 0.1) is 11.2 Å². The molecule has 1 aliphatic heterocycles. The molecule has 8 nitrogen and oxygen atoms in total. The summed E-state index contributed by atoms with van der Waals surface area (Å²) in [5.41, 5.74) is 3.47. The van der Waals surface area contributed by atoms with E-state index in [0.717, 1.165) is 31.5 Å². The van der Waals surface area contributed by atoms with Crippen molar-refractivity contribution in [2.75, 3.05) is 33.9 Å². The third-order valence-corrected chi connectivity index (χ3v) is 7.92. The van der Waals surface area contributed by atoms with Crippen LogP contribution < -0.4 is 5.32 Å². The molecule has 4 rings (SSSR count). The van der Waals surface area contributed by atoms with Gasteiger partial charge in [-0.3, -0.25) is 9.59 Å². The summed E-state index contributed by atoms with van der Waals surface area (Å²) in [6, 6.07) is 5.94. The average molecular weight is 584 g/mol. The molecular weight excluding hydrogens is 537 g/mol. The summed E-state index contributed by atoms with van der Waals surface area (Å²) in [6.07, 6.45) is 12.4. The molecule has 3 N–H and O–H groups in total. The molecule has 1 saturated carbocycles. The highest BCUT2D eigenvalue weighted by Crippen LogP contribution is 2.36. The van der Waals surface area contributed by atoms with E-state index in [-0.39, 0.29) is 28.7 Å². The molecule has 0 radical (unpaired) electrons. The van der Waals surface area contributed by atoms with Crippen LogP contribution in [0.5, 0.6) is 5.75 Å². The third kappa shape index (κ3) is 8.90. The van der Waals surface area contributed by atoms with E-state index in [9.17, 15) is 19.1 Å². The lowest BCUT2D eigenvalue weighted by atomic mass is 9.89. The molecule has 9 heteroatoms. The number of aliphatic hydroxyl groups is 1. The Morgan fingerprint density at radius 2 is 1.86 bits per heavy atom. The minimum Gasteiger partial charge on any atom is -0.505 e. The lowest BCUT2D eigenvalue weighted by Crippen LogP contribution is -2.37. The van der Waals surface area contributed by atoms with E-state index < -0.39 is 0 Å². The number of hydrogen-bond donors (Lipinski definition) is 3. The first-order valence-corrected chi connectivity index (χ1v) is 14.2. The van der Waals surface area contributed by atoms with Crippen molar-refractivity contribution in [3.05, 3.63) is 88.7 Å². The number of aliphatic hydroxyl groups excluding tert-OH is 1. The van der Waals surface area contributed by atoms with Gasteiger partial charge in [0.25, 0.3) is 5.91 Å². The standard InChI is InChI=1S/C16H15FN2O3.C16H27NO.CH4O/c1-18-12-6-7-19(8-10-2-4-11(17)5-3-10)16(22)14(12)15(21)13(18)9-20;1-5-6-9-15(14(2)18-4)12-17-13-16(3)10-7-8-11-16;1-2/h2-5,9,21H,6-8H2,1H3;5-6,9,17H,1,7-8,10-13H2,2-4H3;2H,1H3/b;9-6-,15-14-;.